The number of pyridine rings is 1. The number of hydrogen-bond donors (Lipinski definition) is 1. The molecule has 168 valence electrons. The predicted octanol–water partition coefficient (Wildman–Crippen LogP) is 7.21. The average molecular weight is 452 g/mol. The Hall–Kier alpha value is -4.39. The average Bonchev–Trinajstić information content (AvgIpc) is 3.13. The summed E-state index contributed by atoms with van der Waals surface area (Å²) in [4.78, 5) is 17.8. The van der Waals surface area contributed by atoms with Gasteiger partial charge in [-0.2, -0.15) is 0 Å². The molecule has 2 aromatic heterocycles. The van der Waals surface area contributed by atoms with E-state index in [0.29, 0.717) is 33.1 Å². The minimum atomic E-state index is -0.567. The van der Waals surface area contributed by atoms with Crippen molar-refractivity contribution in [3.63, 3.8) is 0 Å². The zero-order valence-electron chi connectivity index (χ0n) is 18.6. The van der Waals surface area contributed by atoms with Crippen LogP contribution in [0.4, 0.5) is 10.1 Å². The number of fused-ring (bicyclic) bond motifs is 2. The van der Waals surface area contributed by atoms with Crippen molar-refractivity contribution in [1.82, 2.24) is 9.55 Å². The van der Waals surface area contributed by atoms with Crippen LogP contribution in [0.2, 0.25) is 0 Å². The number of carbonyl (C=O) groups excluding carboxylic acids is 1. The summed E-state index contributed by atoms with van der Waals surface area (Å²) >= 11 is 0. The van der Waals surface area contributed by atoms with E-state index >= 15 is 0 Å². The Morgan fingerprint density at radius 2 is 1.65 bits per heavy atom. The van der Waals surface area contributed by atoms with Crippen molar-refractivity contribution in [2.24, 2.45) is 10.2 Å². The van der Waals surface area contributed by atoms with E-state index in [1.165, 1.54) is 12.1 Å². The van der Waals surface area contributed by atoms with E-state index in [-0.39, 0.29) is 23.4 Å². The smallest absolute Gasteiger partial charge is 0.296 e. The fourth-order valence-electron chi connectivity index (χ4n) is 4.12. The number of halogens is 1. The molecule has 0 aliphatic heterocycles. The van der Waals surface area contributed by atoms with Gasteiger partial charge in [0.15, 0.2) is 5.69 Å². The molecule has 6 nitrogen and oxygen atoms in total. The highest BCUT2D eigenvalue weighted by Gasteiger charge is 2.19. The van der Waals surface area contributed by atoms with E-state index in [1.54, 1.807) is 34.9 Å². The molecular formula is C27H21FN4O2. The third kappa shape index (κ3) is 3.71. The second kappa shape index (κ2) is 8.51. The lowest BCUT2D eigenvalue weighted by Gasteiger charge is -2.10. The molecule has 0 saturated carbocycles. The van der Waals surface area contributed by atoms with Crippen LogP contribution >= 0.6 is 0 Å². The topological polar surface area (TPSA) is 79.8 Å². The molecule has 0 aliphatic carbocycles. The van der Waals surface area contributed by atoms with Crippen LogP contribution in [0.25, 0.3) is 33.1 Å². The number of benzene rings is 3. The number of azo groups is 1. The van der Waals surface area contributed by atoms with E-state index in [9.17, 15) is 14.3 Å². The van der Waals surface area contributed by atoms with E-state index < -0.39 is 5.91 Å². The van der Waals surface area contributed by atoms with E-state index in [0.717, 1.165) is 5.52 Å². The molecule has 7 heteroatoms. The number of para-hydroxylation sites is 2. The van der Waals surface area contributed by atoms with Gasteiger partial charge in [0, 0.05) is 22.4 Å². The zero-order valence-corrected chi connectivity index (χ0v) is 18.6. The third-order valence-corrected chi connectivity index (χ3v) is 5.70. The maximum atomic E-state index is 13.4. The summed E-state index contributed by atoms with van der Waals surface area (Å²) in [7, 11) is 0. The molecule has 3 aromatic carbocycles. The highest BCUT2D eigenvalue weighted by atomic mass is 19.1. The molecule has 0 saturated heterocycles. The van der Waals surface area contributed by atoms with Crippen LogP contribution in [-0.2, 0) is 0 Å². The number of nitrogens with zero attached hydrogens (tertiary/aromatic N) is 4. The highest BCUT2D eigenvalue weighted by Crippen LogP contribution is 2.41. The minimum Gasteiger partial charge on any atom is -0.493 e. The van der Waals surface area contributed by atoms with Crippen molar-refractivity contribution in [3.05, 3.63) is 90.2 Å². The first-order valence-corrected chi connectivity index (χ1v) is 10.9. The zero-order chi connectivity index (χ0) is 23.8. The van der Waals surface area contributed by atoms with Crippen molar-refractivity contribution in [1.29, 1.82) is 0 Å². The first-order chi connectivity index (χ1) is 16.4. The molecule has 5 rings (SSSR count). The van der Waals surface area contributed by atoms with Crippen LogP contribution in [0.3, 0.4) is 0 Å². The lowest BCUT2D eigenvalue weighted by atomic mass is 10.0. The first-order valence-electron chi connectivity index (χ1n) is 10.9. The minimum absolute atomic E-state index is 0.00744. The predicted molar refractivity (Wildman–Crippen MR) is 130 cm³/mol. The van der Waals surface area contributed by atoms with Crippen LogP contribution in [0, 0.1) is 5.82 Å². The maximum absolute atomic E-state index is 13.4. The number of aromatic nitrogens is 2. The molecule has 0 fully saturated rings. The highest BCUT2D eigenvalue weighted by molar-refractivity contribution is 6.07. The Kier molecular flexibility index (Phi) is 5.37. The summed E-state index contributed by atoms with van der Waals surface area (Å²) in [5.41, 5.74) is 3.19. The Balaban J connectivity index is 1.61. The fraction of sp³-hybridized carbons (Fsp3) is 0.111. The van der Waals surface area contributed by atoms with Crippen molar-refractivity contribution < 1.29 is 14.3 Å². The van der Waals surface area contributed by atoms with Crippen molar-refractivity contribution >= 4 is 33.4 Å². The summed E-state index contributed by atoms with van der Waals surface area (Å²) in [5.74, 6) is -0.961. The molecular weight excluding hydrogens is 431 g/mol. The maximum Gasteiger partial charge on any atom is 0.296 e. The normalized spacial score (nSPS) is 11.8. The third-order valence-electron chi connectivity index (χ3n) is 5.70. The SMILES string of the molecule is CC(C)n1c(O)c(N=NC(=O)c2cc(-c3ccc(F)cc3)nc3ccccc23)c2ccccc21. The van der Waals surface area contributed by atoms with Gasteiger partial charge >= 0.3 is 0 Å². The molecule has 0 spiro atoms. The monoisotopic (exact) mass is 452 g/mol. The van der Waals surface area contributed by atoms with Crippen molar-refractivity contribution in [2.75, 3.05) is 0 Å². The lowest BCUT2D eigenvalue weighted by Crippen LogP contribution is -1.99. The number of aromatic hydroxyl groups is 1. The molecule has 1 N–H and O–H groups in total. The van der Waals surface area contributed by atoms with Gasteiger partial charge < -0.3 is 9.67 Å². The number of amides is 1. The van der Waals surface area contributed by atoms with Crippen molar-refractivity contribution in [2.45, 2.75) is 19.9 Å². The standard InChI is InChI=1S/C27H21FN4O2/c1-16(2)32-24-10-6-4-8-20(24)25(27(32)34)30-31-26(33)21-15-23(17-11-13-18(28)14-12-17)29-22-9-5-3-7-19(21)22/h3-16,34H,1-2H3. The Labute approximate surface area is 195 Å². The molecule has 0 aliphatic rings. The number of carbonyl (C=O) groups is 1. The van der Waals surface area contributed by atoms with Gasteiger partial charge in [0.1, 0.15) is 5.82 Å². The van der Waals surface area contributed by atoms with E-state index in [2.05, 4.69) is 15.2 Å². The number of hydrogen-bond acceptors (Lipinski definition) is 4. The Morgan fingerprint density at radius 1 is 0.971 bits per heavy atom. The van der Waals surface area contributed by atoms with Gasteiger partial charge in [-0.05, 0) is 56.3 Å². The van der Waals surface area contributed by atoms with Gasteiger partial charge in [0.2, 0.25) is 5.88 Å². The van der Waals surface area contributed by atoms with Gasteiger partial charge in [-0.3, -0.25) is 4.79 Å². The van der Waals surface area contributed by atoms with Crippen LogP contribution < -0.4 is 0 Å². The van der Waals surface area contributed by atoms with Crippen LogP contribution in [0.15, 0.2) is 89.1 Å². The number of rotatable bonds is 4. The van der Waals surface area contributed by atoms with Gasteiger partial charge in [0.05, 0.1) is 22.3 Å². The van der Waals surface area contributed by atoms with E-state index in [4.69, 9.17) is 0 Å². The van der Waals surface area contributed by atoms with Crippen molar-refractivity contribution in [3.8, 4) is 17.1 Å². The Morgan fingerprint density at radius 3 is 2.38 bits per heavy atom. The molecule has 5 aromatic rings. The summed E-state index contributed by atoms with van der Waals surface area (Å²) in [5, 5.41) is 20.3. The fourth-order valence-corrected chi connectivity index (χ4v) is 4.12. The second-order valence-electron chi connectivity index (χ2n) is 8.24. The summed E-state index contributed by atoms with van der Waals surface area (Å²) in [6.45, 7) is 3.91. The first kappa shape index (κ1) is 21.5. The molecule has 2 heterocycles. The summed E-state index contributed by atoms with van der Waals surface area (Å²) in [6, 6.07) is 22.2. The van der Waals surface area contributed by atoms with Gasteiger partial charge in [0.25, 0.3) is 5.91 Å². The lowest BCUT2D eigenvalue weighted by molar-refractivity contribution is 0.0996. The quantitative estimate of drug-likeness (QED) is 0.293. The Bertz CT molecular complexity index is 1570. The van der Waals surface area contributed by atoms with Gasteiger partial charge in [-0.15, -0.1) is 10.2 Å². The van der Waals surface area contributed by atoms with Crippen LogP contribution in [-0.4, -0.2) is 20.6 Å². The van der Waals surface area contributed by atoms with Crippen LogP contribution in [0.1, 0.15) is 30.2 Å². The van der Waals surface area contributed by atoms with E-state index in [1.807, 2.05) is 50.2 Å². The summed E-state index contributed by atoms with van der Waals surface area (Å²) in [6.07, 6.45) is 0. The van der Waals surface area contributed by atoms with Gasteiger partial charge in [-0.25, -0.2) is 9.37 Å². The molecule has 34 heavy (non-hydrogen) atoms. The molecule has 1 amide bonds. The summed E-state index contributed by atoms with van der Waals surface area (Å²) < 4.78 is 15.1. The second-order valence-corrected chi connectivity index (χ2v) is 8.24. The van der Waals surface area contributed by atoms with Crippen LogP contribution in [0.5, 0.6) is 5.88 Å². The molecule has 0 atom stereocenters. The largest absolute Gasteiger partial charge is 0.493 e. The molecule has 0 unspecified atom stereocenters. The van der Waals surface area contributed by atoms with Gasteiger partial charge in [-0.1, -0.05) is 36.4 Å². The molecule has 0 bridgehead atoms. The molecule has 0 radical (unpaired) electrons.